The van der Waals surface area contributed by atoms with Crippen molar-refractivity contribution >= 4 is 5.69 Å². The van der Waals surface area contributed by atoms with Gasteiger partial charge in [0.15, 0.2) is 5.69 Å². The van der Waals surface area contributed by atoms with Crippen molar-refractivity contribution in [3.05, 3.63) is 29.3 Å². The Morgan fingerprint density at radius 2 is 2.27 bits per heavy atom. The van der Waals surface area contributed by atoms with Gasteiger partial charge in [-0.2, -0.15) is 5.48 Å². The van der Waals surface area contributed by atoms with Crippen molar-refractivity contribution in [2.45, 2.75) is 19.9 Å². The molecule has 0 saturated carbocycles. The first-order chi connectivity index (χ1) is 7.33. The molecule has 0 fully saturated rings. The van der Waals surface area contributed by atoms with Crippen LogP contribution in [0.2, 0.25) is 0 Å². The lowest BCUT2D eigenvalue weighted by molar-refractivity contribution is -0.830. The summed E-state index contributed by atoms with van der Waals surface area (Å²) in [5.74, 6) is 0. The first-order valence-corrected chi connectivity index (χ1v) is 5.53. The van der Waals surface area contributed by atoms with Crippen LogP contribution < -0.4 is 5.48 Å². The molecule has 2 rings (SSSR count). The van der Waals surface area contributed by atoms with Crippen molar-refractivity contribution in [1.82, 2.24) is 4.90 Å². The van der Waals surface area contributed by atoms with Gasteiger partial charge in [0.1, 0.15) is 0 Å². The Hall–Kier alpha value is -0.900. The number of fused-ring (bicyclic) bond motifs is 1. The van der Waals surface area contributed by atoms with Crippen molar-refractivity contribution in [3.8, 4) is 0 Å². The molecule has 1 aliphatic heterocycles. The van der Waals surface area contributed by atoms with Gasteiger partial charge in [-0.1, -0.05) is 13.0 Å². The van der Waals surface area contributed by atoms with Gasteiger partial charge in [0, 0.05) is 25.2 Å². The molecule has 0 radical (unpaired) electrons. The van der Waals surface area contributed by atoms with E-state index in [0.29, 0.717) is 0 Å². The lowest BCUT2D eigenvalue weighted by Crippen LogP contribution is -2.76. The maximum absolute atomic E-state index is 5.03. The second-order valence-electron chi connectivity index (χ2n) is 4.00. The van der Waals surface area contributed by atoms with Crippen LogP contribution in [-0.4, -0.2) is 25.1 Å². The fraction of sp³-hybridized carbons (Fsp3) is 0.500. The summed E-state index contributed by atoms with van der Waals surface area (Å²) in [5.41, 5.74) is 5.91. The maximum Gasteiger partial charge on any atom is 0.162 e. The van der Waals surface area contributed by atoms with Crippen LogP contribution >= 0.6 is 0 Å². The van der Waals surface area contributed by atoms with Gasteiger partial charge < -0.3 is 0 Å². The molecule has 82 valence electrons. The first-order valence-electron chi connectivity index (χ1n) is 5.53. The maximum atomic E-state index is 5.03. The molecule has 1 aromatic rings. The average molecular weight is 207 g/mol. The summed E-state index contributed by atoms with van der Waals surface area (Å²) in [4.78, 5) is 7.50. The van der Waals surface area contributed by atoms with E-state index >= 15 is 0 Å². The van der Waals surface area contributed by atoms with Crippen molar-refractivity contribution < 1.29 is 10.3 Å². The highest BCUT2D eigenvalue weighted by Crippen LogP contribution is 2.20. The lowest BCUT2D eigenvalue weighted by Gasteiger charge is -2.27. The Kier molecular flexibility index (Phi) is 3.36. The highest BCUT2D eigenvalue weighted by Gasteiger charge is 2.15. The Morgan fingerprint density at radius 3 is 3.00 bits per heavy atom. The number of nitrogens with two attached hydrogens (primary N) is 1. The molecule has 1 aromatic carbocycles. The zero-order valence-electron chi connectivity index (χ0n) is 9.49. The summed E-state index contributed by atoms with van der Waals surface area (Å²) in [6, 6.07) is 6.59. The third-order valence-corrected chi connectivity index (χ3v) is 3.02. The fourth-order valence-corrected chi connectivity index (χ4v) is 2.11. The number of rotatable bonds is 3. The van der Waals surface area contributed by atoms with Crippen LogP contribution in [0.1, 0.15) is 18.1 Å². The quantitative estimate of drug-likeness (QED) is 0.587. The minimum atomic E-state index is 1.10. The molecule has 0 spiro atoms. The van der Waals surface area contributed by atoms with Gasteiger partial charge in [-0.15, -0.1) is 0 Å². The number of nitrogens with zero attached hydrogens (tertiary/aromatic N) is 1. The summed E-state index contributed by atoms with van der Waals surface area (Å²) < 4.78 is 0. The number of hydrogen-bond donors (Lipinski definition) is 1. The molecule has 0 atom stereocenters. The van der Waals surface area contributed by atoms with Crippen LogP contribution in [0, 0.1) is 0 Å². The van der Waals surface area contributed by atoms with Crippen LogP contribution in [0.3, 0.4) is 0 Å². The Morgan fingerprint density at radius 1 is 1.40 bits per heavy atom. The summed E-state index contributed by atoms with van der Waals surface area (Å²) in [7, 11) is 1.69. The molecular weight excluding hydrogens is 188 g/mol. The molecule has 0 bridgehead atoms. The minimum Gasteiger partial charge on any atom is -0.299 e. The minimum absolute atomic E-state index is 1.10. The molecular formula is C12H19N2O+. The molecule has 0 aliphatic carbocycles. The van der Waals surface area contributed by atoms with E-state index in [2.05, 4.69) is 30.0 Å². The first kappa shape index (κ1) is 10.6. The van der Waals surface area contributed by atoms with Crippen molar-refractivity contribution in [3.63, 3.8) is 0 Å². The summed E-state index contributed by atoms with van der Waals surface area (Å²) in [6.07, 6.45) is 1.16. The predicted molar refractivity (Wildman–Crippen MR) is 59.7 cm³/mol. The molecule has 0 saturated heterocycles. The number of hydrogen-bond acceptors (Lipinski definition) is 2. The van der Waals surface area contributed by atoms with Gasteiger partial charge in [-0.25, -0.2) is 4.84 Å². The highest BCUT2D eigenvalue weighted by molar-refractivity contribution is 5.40. The van der Waals surface area contributed by atoms with E-state index in [1.165, 1.54) is 23.4 Å². The predicted octanol–water partition coefficient (Wildman–Crippen LogP) is 0.821. The van der Waals surface area contributed by atoms with E-state index in [-0.39, 0.29) is 0 Å². The van der Waals surface area contributed by atoms with Crippen molar-refractivity contribution in [1.29, 1.82) is 0 Å². The Labute approximate surface area is 91.0 Å². The molecule has 3 nitrogen and oxygen atoms in total. The van der Waals surface area contributed by atoms with E-state index in [1.807, 2.05) is 0 Å². The Balaban J connectivity index is 2.17. The third kappa shape index (κ3) is 2.37. The summed E-state index contributed by atoms with van der Waals surface area (Å²) in [6.45, 7) is 5.64. The molecule has 0 unspecified atom stereocenters. The number of likely N-dealkylation sites (N-methyl/N-ethyl adjacent to an activating group) is 1. The van der Waals surface area contributed by atoms with E-state index in [4.69, 9.17) is 4.84 Å². The lowest BCUT2D eigenvalue weighted by atomic mass is 9.99. The van der Waals surface area contributed by atoms with Gasteiger partial charge in [0.05, 0.1) is 7.11 Å². The third-order valence-electron chi connectivity index (χ3n) is 3.02. The van der Waals surface area contributed by atoms with Gasteiger partial charge in [0.2, 0.25) is 0 Å². The summed E-state index contributed by atoms with van der Waals surface area (Å²) in [5, 5.41) is 0. The van der Waals surface area contributed by atoms with Gasteiger partial charge in [0.25, 0.3) is 0 Å². The van der Waals surface area contributed by atoms with Gasteiger partial charge in [-0.05, 0) is 24.1 Å². The molecule has 0 aromatic heterocycles. The molecule has 3 heteroatoms. The van der Waals surface area contributed by atoms with Gasteiger partial charge in [-0.3, -0.25) is 4.90 Å². The number of benzene rings is 1. The normalized spacial score (nSPS) is 16.4. The van der Waals surface area contributed by atoms with Crippen LogP contribution in [0.25, 0.3) is 0 Å². The largest absolute Gasteiger partial charge is 0.299 e. The van der Waals surface area contributed by atoms with E-state index in [0.717, 1.165) is 19.5 Å². The van der Waals surface area contributed by atoms with Crippen LogP contribution in [0.15, 0.2) is 18.2 Å². The smallest absolute Gasteiger partial charge is 0.162 e. The average Bonchev–Trinajstić information content (AvgIpc) is 2.29. The fourth-order valence-electron chi connectivity index (χ4n) is 2.11. The standard InChI is InChI=1S/C12H18N2O/c1-3-14-7-6-10-8-12(13-15-2)5-4-11(10)9-14/h4-5,8,13H,3,6-7,9H2,1-2H3/p+1. The zero-order valence-corrected chi connectivity index (χ0v) is 9.49. The van der Waals surface area contributed by atoms with Gasteiger partial charge >= 0.3 is 0 Å². The molecule has 0 amide bonds. The second kappa shape index (κ2) is 4.75. The van der Waals surface area contributed by atoms with Crippen LogP contribution in [-0.2, 0) is 17.8 Å². The zero-order chi connectivity index (χ0) is 10.7. The van der Waals surface area contributed by atoms with Crippen LogP contribution in [0.5, 0.6) is 0 Å². The van der Waals surface area contributed by atoms with Crippen LogP contribution in [0.4, 0.5) is 5.69 Å². The topological polar surface area (TPSA) is 29.1 Å². The Bertz CT molecular complexity index is 338. The second-order valence-corrected chi connectivity index (χ2v) is 4.00. The monoisotopic (exact) mass is 207 g/mol. The molecule has 1 heterocycles. The van der Waals surface area contributed by atoms with E-state index in [9.17, 15) is 0 Å². The molecule has 2 N–H and O–H groups in total. The van der Waals surface area contributed by atoms with E-state index < -0.39 is 0 Å². The number of quaternary nitrogens is 1. The molecule has 1 aliphatic rings. The van der Waals surface area contributed by atoms with Crippen molar-refractivity contribution in [2.75, 3.05) is 20.2 Å². The van der Waals surface area contributed by atoms with Crippen molar-refractivity contribution in [2.24, 2.45) is 0 Å². The SMILES string of the molecule is CCN1CCc2cc([NH2+]OC)ccc2C1. The van der Waals surface area contributed by atoms with E-state index in [1.54, 1.807) is 12.6 Å². The molecule has 15 heavy (non-hydrogen) atoms. The summed E-state index contributed by atoms with van der Waals surface area (Å²) >= 11 is 0. The highest BCUT2D eigenvalue weighted by atomic mass is 16.6.